The normalized spacial score (nSPS) is 28.0. The maximum absolute atomic E-state index is 11.4. The average molecular weight is 181 g/mol. The van der Waals surface area contributed by atoms with E-state index in [1.54, 1.807) is 0 Å². The van der Waals surface area contributed by atoms with Gasteiger partial charge in [0.15, 0.2) is 6.61 Å². The quantitative estimate of drug-likeness (QED) is 0.548. The Morgan fingerprint density at radius 1 is 1.46 bits per heavy atom. The molecule has 2 aliphatic rings. The maximum atomic E-state index is 11.4. The molecule has 1 unspecified atom stereocenters. The Hall–Kier alpha value is -1.32. The average Bonchev–Trinajstić information content (AvgIpc) is 2.27. The van der Waals surface area contributed by atoms with Gasteiger partial charge in [0.05, 0.1) is 5.92 Å². The molecule has 1 aliphatic carbocycles. The number of ether oxygens (including phenoxy) is 1. The molecule has 0 saturated carbocycles. The highest BCUT2D eigenvalue weighted by molar-refractivity contribution is 5.98. The van der Waals surface area contributed by atoms with Crippen LogP contribution in [-0.2, 0) is 14.3 Å². The van der Waals surface area contributed by atoms with Crippen LogP contribution in [0.4, 0.5) is 0 Å². The number of hydrogen-bond donors (Lipinski definition) is 1. The van der Waals surface area contributed by atoms with Crippen molar-refractivity contribution in [1.82, 2.24) is 5.32 Å². The van der Waals surface area contributed by atoms with Gasteiger partial charge in [0.2, 0.25) is 5.91 Å². The van der Waals surface area contributed by atoms with E-state index in [9.17, 15) is 9.59 Å². The molecule has 1 heterocycles. The largest absolute Gasteiger partial charge is 0.488 e. The second-order valence-corrected chi connectivity index (χ2v) is 3.29. The minimum atomic E-state index is -0.347. The predicted molar refractivity (Wildman–Crippen MR) is 44.5 cm³/mol. The third kappa shape index (κ3) is 1.56. The van der Waals surface area contributed by atoms with Crippen molar-refractivity contribution in [1.29, 1.82) is 0 Å². The lowest BCUT2D eigenvalue weighted by atomic mass is 9.93. The smallest absolute Gasteiger partial charge is 0.264 e. The number of hydrogen-bond acceptors (Lipinski definition) is 3. The van der Waals surface area contributed by atoms with E-state index >= 15 is 0 Å². The van der Waals surface area contributed by atoms with E-state index in [2.05, 4.69) is 5.32 Å². The summed E-state index contributed by atoms with van der Waals surface area (Å²) in [6, 6.07) is 0. The molecule has 0 aromatic rings. The molecule has 0 aromatic heterocycles. The molecule has 0 bridgehead atoms. The second kappa shape index (κ2) is 3.20. The van der Waals surface area contributed by atoms with Gasteiger partial charge in [0.1, 0.15) is 5.76 Å². The molecule has 70 valence electrons. The summed E-state index contributed by atoms with van der Waals surface area (Å²) in [6.45, 7) is -0.0337. The van der Waals surface area contributed by atoms with Crippen LogP contribution in [0, 0.1) is 5.92 Å². The zero-order chi connectivity index (χ0) is 9.26. The number of nitrogens with one attached hydrogen (secondary N) is 1. The van der Waals surface area contributed by atoms with Gasteiger partial charge in [0, 0.05) is 0 Å². The van der Waals surface area contributed by atoms with Gasteiger partial charge in [-0.15, -0.1) is 0 Å². The highest BCUT2D eigenvalue weighted by Crippen LogP contribution is 2.26. The number of rotatable bonds is 0. The monoisotopic (exact) mass is 181 g/mol. The van der Waals surface area contributed by atoms with Crippen molar-refractivity contribution >= 4 is 11.8 Å². The van der Waals surface area contributed by atoms with Crippen molar-refractivity contribution in [2.45, 2.75) is 19.3 Å². The maximum Gasteiger partial charge on any atom is 0.264 e. The first kappa shape index (κ1) is 8.29. The summed E-state index contributed by atoms with van der Waals surface area (Å²) in [7, 11) is 0. The fourth-order valence-electron chi connectivity index (χ4n) is 1.68. The Morgan fingerprint density at radius 2 is 2.31 bits per heavy atom. The fraction of sp³-hybridized carbons (Fsp3) is 0.556. The summed E-state index contributed by atoms with van der Waals surface area (Å²) in [4.78, 5) is 22.4. The Morgan fingerprint density at radius 3 is 3.15 bits per heavy atom. The van der Waals surface area contributed by atoms with E-state index in [0.29, 0.717) is 5.76 Å². The van der Waals surface area contributed by atoms with E-state index in [4.69, 9.17) is 4.74 Å². The van der Waals surface area contributed by atoms with Gasteiger partial charge >= 0.3 is 0 Å². The molecule has 1 atom stereocenters. The third-order valence-electron chi connectivity index (χ3n) is 2.33. The molecule has 13 heavy (non-hydrogen) atoms. The molecular weight excluding hydrogens is 170 g/mol. The van der Waals surface area contributed by atoms with Crippen LogP contribution in [0.15, 0.2) is 11.8 Å². The SMILES string of the molecule is O=C1COC2=CCCCC2C(=O)N1. The number of allylic oxidation sites excluding steroid dienone is 1. The summed E-state index contributed by atoms with van der Waals surface area (Å²) < 4.78 is 5.22. The summed E-state index contributed by atoms with van der Waals surface area (Å²) in [5, 5.41) is 2.30. The molecule has 4 nitrogen and oxygen atoms in total. The van der Waals surface area contributed by atoms with Crippen molar-refractivity contribution < 1.29 is 14.3 Å². The molecule has 2 amide bonds. The molecule has 1 fully saturated rings. The second-order valence-electron chi connectivity index (χ2n) is 3.29. The lowest BCUT2D eigenvalue weighted by Gasteiger charge is -2.18. The van der Waals surface area contributed by atoms with Gasteiger partial charge in [-0.2, -0.15) is 0 Å². The first-order valence-corrected chi connectivity index (χ1v) is 4.44. The topological polar surface area (TPSA) is 55.4 Å². The van der Waals surface area contributed by atoms with Gasteiger partial charge in [0.25, 0.3) is 5.91 Å². The van der Waals surface area contributed by atoms with Crippen LogP contribution in [0.2, 0.25) is 0 Å². The first-order valence-electron chi connectivity index (χ1n) is 4.44. The lowest BCUT2D eigenvalue weighted by molar-refractivity contribution is -0.131. The number of carbonyl (C=O) groups excluding carboxylic acids is 2. The van der Waals surface area contributed by atoms with Crippen molar-refractivity contribution in [3.05, 3.63) is 11.8 Å². The summed E-state index contributed by atoms with van der Waals surface area (Å²) >= 11 is 0. The molecule has 0 radical (unpaired) electrons. The summed E-state index contributed by atoms with van der Waals surface area (Å²) in [5.41, 5.74) is 0. The highest BCUT2D eigenvalue weighted by atomic mass is 16.5. The van der Waals surface area contributed by atoms with Gasteiger partial charge in [-0.3, -0.25) is 14.9 Å². The Labute approximate surface area is 75.9 Å². The van der Waals surface area contributed by atoms with Crippen LogP contribution in [-0.4, -0.2) is 18.4 Å². The summed E-state index contributed by atoms with van der Waals surface area (Å²) in [5.74, 6) is -0.122. The number of carbonyl (C=O) groups is 2. The molecule has 0 aromatic carbocycles. The molecular formula is C9H11NO3. The number of amides is 2. The van der Waals surface area contributed by atoms with E-state index in [1.165, 1.54) is 0 Å². The molecule has 1 N–H and O–H groups in total. The minimum Gasteiger partial charge on any atom is -0.488 e. The highest BCUT2D eigenvalue weighted by Gasteiger charge is 2.30. The number of fused-ring (bicyclic) bond motifs is 1. The molecule has 1 aliphatic heterocycles. The predicted octanol–water partition coefficient (Wildman–Crippen LogP) is 0.343. The zero-order valence-electron chi connectivity index (χ0n) is 7.21. The van der Waals surface area contributed by atoms with Crippen LogP contribution in [0.1, 0.15) is 19.3 Å². The van der Waals surface area contributed by atoms with E-state index in [0.717, 1.165) is 19.3 Å². The third-order valence-corrected chi connectivity index (χ3v) is 2.33. The Balaban J connectivity index is 2.23. The standard InChI is InChI=1S/C9H11NO3/c11-8-5-13-7-4-2-1-3-6(7)9(12)10-8/h4,6H,1-3,5H2,(H,10,11,12). The minimum absolute atomic E-state index is 0.0337. The van der Waals surface area contributed by atoms with Crippen LogP contribution in [0.5, 0.6) is 0 Å². The van der Waals surface area contributed by atoms with Crippen molar-refractivity contribution in [3.63, 3.8) is 0 Å². The van der Waals surface area contributed by atoms with Crippen LogP contribution < -0.4 is 5.32 Å². The summed E-state index contributed by atoms with van der Waals surface area (Å²) in [6.07, 6.45) is 4.61. The van der Waals surface area contributed by atoms with Crippen molar-refractivity contribution in [3.8, 4) is 0 Å². The van der Waals surface area contributed by atoms with Crippen molar-refractivity contribution in [2.75, 3.05) is 6.61 Å². The zero-order valence-corrected chi connectivity index (χ0v) is 7.21. The lowest BCUT2D eigenvalue weighted by Crippen LogP contribution is -2.34. The first-order chi connectivity index (χ1) is 6.27. The van der Waals surface area contributed by atoms with E-state index in [1.807, 2.05) is 6.08 Å². The van der Waals surface area contributed by atoms with Crippen LogP contribution in [0.3, 0.4) is 0 Å². The van der Waals surface area contributed by atoms with Gasteiger partial charge in [-0.25, -0.2) is 0 Å². The fourth-order valence-corrected chi connectivity index (χ4v) is 1.68. The van der Waals surface area contributed by atoms with Crippen LogP contribution in [0.25, 0.3) is 0 Å². The van der Waals surface area contributed by atoms with Gasteiger partial charge in [-0.1, -0.05) is 0 Å². The molecule has 4 heteroatoms. The molecule has 1 saturated heterocycles. The van der Waals surface area contributed by atoms with E-state index < -0.39 is 0 Å². The Kier molecular flexibility index (Phi) is 2.04. The number of imide groups is 1. The molecule has 0 spiro atoms. The molecule has 2 rings (SSSR count). The van der Waals surface area contributed by atoms with Gasteiger partial charge < -0.3 is 4.74 Å². The van der Waals surface area contributed by atoms with Crippen molar-refractivity contribution in [2.24, 2.45) is 5.92 Å². The Bertz CT molecular complexity index is 283. The van der Waals surface area contributed by atoms with Gasteiger partial charge in [-0.05, 0) is 25.3 Å². The van der Waals surface area contributed by atoms with E-state index in [-0.39, 0.29) is 24.3 Å². The van der Waals surface area contributed by atoms with Crippen LogP contribution >= 0.6 is 0 Å².